The molecule has 0 spiro atoms. The number of esters is 1. The molecule has 8 nitrogen and oxygen atoms in total. The molecule has 0 bridgehead atoms. The second-order valence-corrected chi connectivity index (χ2v) is 4.33. The van der Waals surface area contributed by atoms with Crippen LogP contribution >= 0.6 is 0 Å². The summed E-state index contributed by atoms with van der Waals surface area (Å²) in [5.41, 5.74) is 1.25. The Morgan fingerprint density at radius 2 is 2.29 bits per heavy atom. The van der Waals surface area contributed by atoms with Gasteiger partial charge in [-0.25, -0.2) is 9.78 Å². The van der Waals surface area contributed by atoms with Gasteiger partial charge in [-0.2, -0.15) is 0 Å². The van der Waals surface area contributed by atoms with Crippen molar-refractivity contribution < 1.29 is 14.5 Å². The molecule has 1 aromatic carbocycles. The van der Waals surface area contributed by atoms with E-state index in [4.69, 9.17) is 0 Å². The summed E-state index contributed by atoms with van der Waals surface area (Å²) < 4.78 is 6.41. The van der Waals surface area contributed by atoms with E-state index in [9.17, 15) is 14.9 Å². The largest absolute Gasteiger partial charge is 0.465 e. The van der Waals surface area contributed by atoms with Crippen LogP contribution in [0.2, 0.25) is 0 Å². The Labute approximate surface area is 120 Å². The molecule has 21 heavy (non-hydrogen) atoms. The van der Waals surface area contributed by atoms with Crippen LogP contribution in [0.25, 0.3) is 0 Å². The van der Waals surface area contributed by atoms with Crippen LogP contribution in [0, 0.1) is 10.1 Å². The first-order valence-electron chi connectivity index (χ1n) is 6.08. The van der Waals surface area contributed by atoms with Crippen LogP contribution in [-0.4, -0.2) is 27.6 Å². The third-order valence-corrected chi connectivity index (χ3v) is 2.99. The molecule has 0 radical (unpaired) electrons. The summed E-state index contributed by atoms with van der Waals surface area (Å²) in [6, 6.07) is 4.04. The average molecular weight is 290 g/mol. The van der Waals surface area contributed by atoms with Gasteiger partial charge in [0, 0.05) is 19.3 Å². The fourth-order valence-electron chi connectivity index (χ4n) is 1.82. The number of imidazole rings is 1. The number of nitrogens with zero attached hydrogens (tertiary/aromatic N) is 3. The van der Waals surface area contributed by atoms with E-state index in [-0.39, 0.29) is 16.9 Å². The number of ether oxygens (including phenoxy) is 1. The lowest BCUT2D eigenvalue weighted by Crippen LogP contribution is -2.08. The van der Waals surface area contributed by atoms with Gasteiger partial charge in [-0.3, -0.25) is 10.1 Å². The molecule has 110 valence electrons. The van der Waals surface area contributed by atoms with E-state index in [1.807, 2.05) is 7.05 Å². The van der Waals surface area contributed by atoms with E-state index in [0.717, 1.165) is 5.69 Å². The van der Waals surface area contributed by atoms with Crippen LogP contribution in [0.3, 0.4) is 0 Å². The number of nitro benzene ring substituents is 1. The van der Waals surface area contributed by atoms with Crippen molar-refractivity contribution in [3.05, 3.63) is 52.1 Å². The summed E-state index contributed by atoms with van der Waals surface area (Å²) in [7, 11) is 3.08. The van der Waals surface area contributed by atoms with Gasteiger partial charge in [0.15, 0.2) is 0 Å². The lowest BCUT2D eigenvalue weighted by molar-refractivity contribution is -0.384. The van der Waals surface area contributed by atoms with Gasteiger partial charge in [-0.05, 0) is 12.1 Å². The first-order chi connectivity index (χ1) is 10.0. The van der Waals surface area contributed by atoms with Gasteiger partial charge in [-0.1, -0.05) is 0 Å². The predicted octanol–water partition coefficient (Wildman–Crippen LogP) is 1.73. The Morgan fingerprint density at radius 1 is 1.52 bits per heavy atom. The minimum Gasteiger partial charge on any atom is -0.465 e. The molecular formula is C13H14N4O4. The number of hydrogen-bond acceptors (Lipinski definition) is 6. The lowest BCUT2D eigenvalue weighted by atomic mass is 10.1. The molecule has 0 aliphatic heterocycles. The summed E-state index contributed by atoms with van der Waals surface area (Å²) >= 11 is 0. The van der Waals surface area contributed by atoms with Crippen LogP contribution in [0.15, 0.2) is 30.7 Å². The molecule has 2 rings (SSSR count). The number of nitro groups is 1. The van der Waals surface area contributed by atoms with E-state index in [0.29, 0.717) is 6.54 Å². The van der Waals surface area contributed by atoms with E-state index >= 15 is 0 Å². The van der Waals surface area contributed by atoms with E-state index < -0.39 is 10.9 Å². The van der Waals surface area contributed by atoms with Gasteiger partial charge in [0.05, 0.1) is 36.2 Å². The summed E-state index contributed by atoms with van der Waals surface area (Å²) in [6.45, 7) is 0.349. The number of carbonyl (C=O) groups is 1. The zero-order valence-corrected chi connectivity index (χ0v) is 11.6. The van der Waals surface area contributed by atoms with Crippen molar-refractivity contribution in [2.24, 2.45) is 7.05 Å². The molecule has 0 amide bonds. The van der Waals surface area contributed by atoms with E-state index in [1.165, 1.54) is 25.3 Å². The van der Waals surface area contributed by atoms with Crippen molar-refractivity contribution in [2.75, 3.05) is 12.4 Å². The Kier molecular flexibility index (Phi) is 4.17. The quantitative estimate of drug-likeness (QED) is 0.511. The number of aromatic nitrogens is 2. The number of hydrogen-bond donors (Lipinski definition) is 1. The fraction of sp³-hybridized carbons (Fsp3) is 0.231. The molecule has 0 unspecified atom stereocenters. The molecule has 1 heterocycles. The summed E-state index contributed by atoms with van der Waals surface area (Å²) in [6.07, 6.45) is 3.29. The van der Waals surface area contributed by atoms with Crippen molar-refractivity contribution in [1.82, 2.24) is 9.55 Å². The number of carbonyl (C=O) groups excluding carboxylic acids is 1. The maximum absolute atomic E-state index is 11.5. The van der Waals surface area contributed by atoms with Gasteiger partial charge in [0.2, 0.25) is 0 Å². The number of nitrogens with one attached hydrogen (secondary N) is 1. The highest BCUT2D eigenvalue weighted by Gasteiger charge is 2.17. The molecule has 2 aromatic rings. The summed E-state index contributed by atoms with van der Waals surface area (Å²) in [5.74, 6) is -0.548. The minimum absolute atomic E-state index is 0.107. The first-order valence-corrected chi connectivity index (χ1v) is 6.08. The standard InChI is InChI=1S/C13H14N4O4/c1-16-8-14-6-10(16)7-15-11-5-9(13(18)21-2)3-4-12(11)17(19)20/h3-6,8,15H,7H2,1-2H3. The average Bonchev–Trinajstić information content (AvgIpc) is 2.89. The van der Waals surface area contributed by atoms with Gasteiger partial charge >= 0.3 is 5.97 Å². The summed E-state index contributed by atoms with van der Waals surface area (Å²) in [4.78, 5) is 26.0. The summed E-state index contributed by atoms with van der Waals surface area (Å²) in [5, 5.41) is 14.0. The van der Waals surface area contributed by atoms with Crippen LogP contribution in [0.4, 0.5) is 11.4 Å². The highest BCUT2D eigenvalue weighted by atomic mass is 16.6. The zero-order chi connectivity index (χ0) is 15.4. The SMILES string of the molecule is COC(=O)c1ccc([N+](=O)[O-])c(NCc2cncn2C)c1. The number of benzene rings is 1. The first kappa shape index (κ1) is 14.5. The highest BCUT2D eigenvalue weighted by molar-refractivity contribution is 5.91. The highest BCUT2D eigenvalue weighted by Crippen LogP contribution is 2.26. The maximum Gasteiger partial charge on any atom is 0.337 e. The second kappa shape index (κ2) is 6.04. The van der Waals surface area contributed by atoms with Crippen molar-refractivity contribution in [3.63, 3.8) is 0 Å². The van der Waals surface area contributed by atoms with E-state index in [2.05, 4.69) is 15.0 Å². The van der Waals surface area contributed by atoms with Crippen molar-refractivity contribution >= 4 is 17.3 Å². The molecule has 0 atom stereocenters. The minimum atomic E-state index is -0.548. The van der Waals surface area contributed by atoms with Crippen molar-refractivity contribution in [1.29, 1.82) is 0 Å². The maximum atomic E-state index is 11.5. The number of aryl methyl sites for hydroxylation is 1. The van der Waals surface area contributed by atoms with Crippen molar-refractivity contribution in [3.8, 4) is 0 Å². The smallest absolute Gasteiger partial charge is 0.337 e. The lowest BCUT2D eigenvalue weighted by Gasteiger charge is -2.09. The van der Waals surface area contributed by atoms with Crippen LogP contribution in [-0.2, 0) is 18.3 Å². The van der Waals surface area contributed by atoms with Crippen LogP contribution < -0.4 is 5.32 Å². The third-order valence-electron chi connectivity index (χ3n) is 2.99. The van der Waals surface area contributed by atoms with Crippen LogP contribution in [0.1, 0.15) is 16.1 Å². The fourth-order valence-corrected chi connectivity index (χ4v) is 1.82. The van der Waals surface area contributed by atoms with Crippen molar-refractivity contribution in [2.45, 2.75) is 6.54 Å². The molecule has 0 saturated heterocycles. The molecule has 1 aromatic heterocycles. The Balaban J connectivity index is 2.28. The topological polar surface area (TPSA) is 99.3 Å². The second-order valence-electron chi connectivity index (χ2n) is 4.33. The molecule has 0 saturated carbocycles. The monoisotopic (exact) mass is 290 g/mol. The van der Waals surface area contributed by atoms with Gasteiger partial charge in [0.1, 0.15) is 5.69 Å². The van der Waals surface area contributed by atoms with Gasteiger partial charge in [-0.15, -0.1) is 0 Å². The Bertz CT molecular complexity index is 681. The molecule has 0 aliphatic carbocycles. The predicted molar refractivity (Wildman–Crippen MR) is 75.0 cm³/mol. The number of rotatable bonds is 5. The van der Waals surface area contributed by atoms with Gasteiger partial charge < -0.3 is 14.6 Å². The molecular weight excluding hydrogens is 276 g/mol. The molecule has 8 heteroatoms. The van der Waals surface area contributed by atoms with Gasteiger partial charge in [0.25, 0.3) is 5.69 Å². The molecule has 1 N–H and O–H groups in total. The Morgan fingerprint density at radius 3 is 2.86 bits per heavy atom. The Hall–Kier alpha value is -2.90. The molecule has 0 aliphatic rings. The zero-order valence-electron chi connectivity index (χ0n) is 11.6. The third kappa shape index (κ3) is 3.16. The normalized spacial score (nSPS) is 10.2. The molecule has 0 fully saturated rings. The number of anilines is 1. The van der Waals surface area contributed by atoms with Crippen LogP contribution in [0.5, 0.6) is 0 Å². The van der Waals surface area contributed by atoms with E-state index in [1.54, 1.807) is 17.1 Å². The number of methoxy groups -OCH3 is 1.